The summed E-state index contributed by atoms with van der Waals surface area (Å²) in [5.41, 5.74) is 6.67. The van der Waals surface area contributed by atoms with Gasteiger partial charge in [-0.3, -0.25) is 9.69 Å². The summed E-state index contributed by atoms with van der Waals surface area (Å²) in [6.45, 7) is 6.12. The molecule has 0 saturated carbocycles. The zero-order chi connectivity index (χ0) is 20.2. The summed E-state index contributed by atoms with van der Waals surface area (Å²) < 4.78 is 1.90. The molecule has 5 heteroatoms. The fourth-order valence-corrected chi connectivity index (χ4v) is 3.78. The van der Waals surface area contributed by atoms with E-state index in [0.29, 0.717) is 6.54 Å². The number of amides is 1. The lowest BCUT2D eigenvalue weighted by atomic mass is 10.0. The van der Waals surface area contributed by atoms with Crippen LogP contribution in [0.3, 0.4) is 0 Å². The normalized spacial score (nSPS) is 14.5. The Morgan fingerprint density at radius 1 is 1.10 bits per heavy atom. The Bertz CT molecular complexity index is 1020. The molecule has 0 bridgehead atoms. The van der Waals surface area contributed by atoms with Crippen LogP contribution in [0.5, 0.6) is 0 Å². The van der Waals surface area contributed by atoms with Crippen LogP contribution in [0.2, 0.25) is 0 Å². The molecule has 2 heterocycles. The number of carbonyl (C=O) groups is 1. The van der Waals surface area contributed by atoms with E-state index < -0.39 is 0 Å². The number of para-hydroxylation sites is 1. The highest BCUT2D eigenvalue weighted by Gasteiger charge is 2.17. The van der Waals surface area contributed by atoms with Gasteiger partial charge in [-0.15, -0.1) is 0 Å². The summed E-state index contributed by atoms with van der Waals surface area (Å²) in [6, 6.07) is 16.2. The average molecular weight is 386 g/mol. The van der Waals surface area contributed by atoms with Crippen LogP contribution in [-0.2, 0) is 4.79 Å². The quantitative estimate of drug-likeness (QED) is 0.714. The molecule has 0 fully saturated rings. The summed E-state index contributed by atoms with van der Waals surface area (Å²) in [5, 5.41) is 7.51. The Hall–Kier alpha value is -3.18. The van der Waals surface area contributed by atoms with Crippen LogP contribution < -0.4 is 5.32 Å². The van der Waals surface area contributed by atoms with Crippen LogP contribution in [0, 0.1) is 13.8 Å². The fourth-order valence-electron chi connectivity index (χ4n) is 3.78. The average Bonchev–Trinajstić information content (AvgIpc) is 3.18. The van der Waals surface area contributed by atoms with E-state index in [2.05, 4.69) is 33.7 Å². The number of benzene rings is 2. The van der Waals surface area contributed by atoms with Gasteiger partial charge < -0.3 is 5.32 Å². The van der Waals surface area contributed by atoms with E-state index >= 15 is 0 Å². The molecule has 4 rings (SSSR count). The van der Waals surface area contributed by atoms with Gasteiger partial charge in [0.25, 0.3) is 0 Å². The maximum atomic E-state index is 12.4. The number of hydrogen-bond acceptors (Lipinski definition) is 3. The molecular formula is C24H26N4O. The second-order valence-corrected chi connectivity index (χ2v) is 7.65. The van der Waals surface area contributed by atoms with Crippen molar-refractivity contribution in [1.29, 1.82) is 0 Å². The van der Waals surface area contributed by atoms with E-state index in [1.807, 2.05) is 67.2 Å². The van der Waals surface area contributed by atoms with Gasteiger partial charge in [0.2, 0.25) is 5.91 Å². The van der Waals surface area contributed by atoms with Crippen molar-refractivity contribution < 1.29 is 4.79 Å². The third-order valence-corrected chi connectivity index (χ3v) is 5.14. The second kappa shape index (κ2) is 8.45. The topological polar surface area (TPSA) is 50.2 Å². The Morgan fingerprint density at radius 3 is 2.55 bits per heavy atom. The van der Waals surface area contributed by atoms with Crippen LogP contribution in [0.15, 0.2) is 67.0 Å². The third kappa shape index (κ3) is 4.81. The van der Waals surface area contributed by atoms with Crippen molar-refractivity contribution >= 4 is 17.2 Å². The molecule has 0 spiro atoms. The number of nitrogens with one attached hydrogen (secondary N) is 1. The Labute approximate surface area is 171 Å². The molecule has 1 N–H and O–H groups in total. The van der Waals surface area contributed by atoms with E-state index in [-0.39, 0.29) is 5.91 Å². The fraction of sp³-hybridized carbons (Fsp3) is 0.250. The number of nitrogens with zero attached hydrogens (tertiary/aromatic N) is 3. The predicted molar refractivity (Wildman–Crippen MR) is 117 cm³/mol. The molecule has 0 aliphatic carbocycles. The van der Waals surface area contributed by atoms with Gasteiger partial charge in [-0.05, 0) is 61.2 Å². The molecule has 0 unspecified atom stereocenters. The largest absolute Gasteiger partial charge is 0.325 e. The highest BCUT2D eigenvalue weighted by Crippen LogP contribution is 2.23. The van der Waals surface area contributed by atoms with Crippen LogP contribution >= 0.6 is 0 Å². The smallest absolute Gasteiger partial charge is 0.238 e. The first-order valence-corrected chi connectivity index (χ1v) is 9.97. The third-order valence-electron chi connectivity index (χ3n) is 5.14. The number of rotatable bonds is 5. The van der Waals surface area contributed by atoms with Gasteiger partial charge in [0.15, 0.2) is 0 Å². The van der Waals surface area contributed by atoms with Gasteiger partial charge in [-0.2, -0.15) is 5.10 Å². The number of anilines is 1. The lowest BCUT2D eigenvalue weighted by molar-refractivity contribution is -0.117. The van der Waals surface area contributed by atoms with E-state index in [1.165, 1.54) is 5.57 Å². The summed E-state index contributed by atoms with van der Waals surface area (Å²) >= 11 is 0. The van der Waals surface area contributed by atoms with Crippen molar-refractivity contribution in [2.24, 2.45) is 0 Å². The maximum Gasteiger partial charge on any atom is 0.238 e. The first-order chi connectivity index (χ1) is 14.1. The lowest BCUT2D eigenvalue weighted by Gasteiger charge is -2.25. The first kappa shape index (κ1) is 19.2. The molecule has 2 aromatic carbocycles. The Kier molecular flexibility index (Phi) is 5.58. The SMILES string of the molecule is Cc1cc(C)cc(NC(=O)CN2CC=C(c3cnn(-c4ccccc4)c3)CC2)c1. The standard InChI is InChI=1S/C24H26N4O/c1-18-12-19(2)14-22(13-18)26-24(29)17-27-10-8-20(9-11-27)21-15-25-28(16-21)23-6-4-3-5-7-23/h3-8,12-16H,9-11,17H2,1-2H3,(H,26,29). The van der Waals surface area contributed by atoms with Crippen molar-refractivity contribution in [1.82, 2.24) is 14.7 Å². The van der Waals surface area contributed by atoms with Crippen LogP contribution in [0.4, 0.5) is 5.69 Å². The molecular weight excluding hydrogens is 360 g/mol. The van der Waals surface area contributed by atoms with Crippen molar-refractivity contribution in [3.05, 3.63) is 83.7 Å². The summed E-state index contributed by atoms with van der Waals surface area (Å²) in [5.74, 6) is 0.0312. The Morgan fingerprint density at radius 2 is 1.86 bits per heavy atom. The molecule has 1 aromatic heterocycles. The zero-order valence-electron chi connectivity index (χ0n) is 16.9. The Balaban J connectivity index is 1.35. The van der Waals surface area contributed by atoms with Crippen LogP contribution in [0.1, 0.15) is 23.1 Å². The highest BCUT2D eigenvalue weighted by molar-refractivity contribution is 5.92. The van der Waals surface area contributed by atoms with E-state index in [9.17, 15) is 4.79 Å². The minimum absolute atomic E-state index is 0.0312. The number of carbonyl (C=O) groups excluding carboxylic acids is 1. The highest BCUT2D eigenvalue weighted by atomic mass is 16.2. The molecule has 1 aliphatic heterocycles. The van der Waals surface area contributed by atoms with Gasteiger partial charge in [0.05, 0.1) is 18.4 Å². The maximum absolute atomic E-state index is 12.4. The van der Waals surface area contributed by atoms with Crippen molar-refractivity contribution in [3.8, 4) is 5.69 Å². The van der Waals surface area contributed by atoms with Gasteiger partial charge in [-0.1, -0.05) is 30.3 Å². The molecule has 5 nitrogen and oxygen atoms in total. The predicted octanol–water partition coefficient (Wildman–Crippen LogP) is 4.22. The zero-order valence-corrected chi connectivity index (χ0v) is 16.9. The van der Waals surface area contributed by atoms with Gasteiger partial charge in [0, 0.05) is 30.5 Å². The van der Waals surface area contributed by atoms with Crippen LogP contribution in [0.25, 0.3) is 11.3 Å². The minimum Gasteiger partial charge on any atom is -0.325 e. The molecule has 1 amide bonds. The molecule has 0 saturated heterocycles. The number of hydrogen-bond donors (Lipinski definition) is 1. The molecule has 0 atom stereocenters. The summed E-state index contributed by atoms with van der Waals surface area (Å²) in [7, 11) is 0. The minimum atomic E-state index is 0.0312. The van der Waals surface area contributed by atoms with Crippen molar-refractivity contribution in [2.45, 2.75) is 20.3 Å². The van der Waals surface area contributed by atoms with E-state index in [0.717, 1.165) is 47.6 Å². The molecule has 3 aromatic rings. The molecule has 0 radical (unpaired) electrons. The van der Waals surface area contributed by atoms with E-state index in [1.54, 1.807) is 0 Å². The van der Waals surface area contributed by atoms with Gasteiger partial charge in [-0.25, -0.2) is 4.68 Å². The van der Waals surface area contributed by atoms with Gasteiger partial charge >= 0.3 is 0 Å². The molecule has 29 heavy (non-hydrogen) atoms. The summed E-state index contributed by atoms with van der Waals surface area (Å²) in [6.07, 6.45) is 7.11. The number of aryl methyl sites for hydroxylation is 2. The first-order valence-electron chi connectivity index (χ1n) is 9.97. The lowest BCUT2D eigenvalue weighted by Crippen LogP contribution is -2.36. The summed E-state index contributed by atoms with van der Waals surface area (Å²) in [4.78, 5) is 14.6. The second-order valence-electron chi connectivity index (χ2n) is 7.65. The monoisotopic (exact) mass is 386 g/mol. The molecule has 148 valence electrons. The van der Waals surface area contributed by atoms with Crippen molar-refractivity contribution in [3.63, 3.8) is 0 Å². The molecule has 1 aliphatic rings. The van der Waals surface area contributed by atoms with Crippen LogP contribution in [-0.4, -0.2) is 40.2 Å². The number of aromatic nitrogens is 2. The van der Waals surface area contributed by atoms with Crippen molar-refractivity contribution in [2.75, 3.05) is 25.0 Å². The van der Waals surface area contributed by atoms with Gasteiger partial charge in [0.1, 0.15) is 0 Å². The van der Waals surface area contributed by atoms with E-state index in [4.69, 9.17) is 0 Å².